The van der Waals surface area contributed by atoms with E-state index in [-0.39, 0.29) is 11.8 Å². The molecule has 2 amide bonds. The van der Waals surface area contributed by atoms with Crippen molar-refractivity contribution in [1.29, 1.82) is 0 Å². The maximum absolute atomic E-state index is 13.2. The number of carbonyl (C=O) groups is 2. The van der Waals surface area contributed by atoms with Gasteiger partial charge in [-0.1, -0.05) is 18.2 Å². The molecule has 2 aliphatic rings. The minimum absolute atomic E-state index is 0.0821. The van der Waals surface area contributed by atoms with Crippen LogP contribution in [0.15, 0.2) is 42.5 Å². The number of hydrogen-bond donors (Lipinski definition) is 1. The number of hydrogen-bond acceptors (Lipinski definition) is 4. The molecule has 0 saturated heterocycles. The van der Waals surface area contributed by atoms with Crippen molar-refractivity contribution in [3.63, 3.8) is 0 Å². The minimum Gasteiger partial charge on any atom is -0.493 e. The van der Waals surface area contributed by atoms with Crippen LogP contribution in [-0.4, -0.2) is 37.5 Å². The highest BCUT2D eigenvalue weighted by Crippen LogP contribution is 2.49. The Labute approximate surface area is 164 Å². The van der Waals surface area contributed by atoms with Gasteiger partial charge in [0, 0.05) is 18.8 Å². The molecule has 6 nitrogen and oxygen atoms in total. The molecule has 1 heterocycles. The zero-order valence-corrected chi connectivity index (χ0v) is 16.2. The van der Waals surface area contributed by atoms with E-state index in [1.807, 2.05) is 42.5 Å². The van der Waals surface area contributed by atoms with Crippen molar-refractivity contribution in [3.05, 3.63) is 53.6 Å². The fraction of sp³-hybridized carbons (Fsp3) is 0.364. The van der Waals surface area contributed by atoms with E-state index in [1.54, 1.807) is 19.1 Å². The zero-order chi connectivity index (χ0) is 19.7. The lowest BCUT2D eigenvalue weighted by molar-refractivity contribution is -0.143. The van der Waals surface area contributed by atoms with Crippen LogP contribution < -0.4 is 14.8 Å². The number of ether oxygens (including phenoxy) is 2. The van der Waals surface area contributed by atoms with Crippen molar-refractivity contribution < 1.29 is 19.1 Å². The van der Waals surface area contributed by atoms with Gasteiger partial charge >= 0.3 is 0 Å². The summed E-state index contributed by atoms with van der Waals surface area (Å²) in [6.45, 7) is 1.08. The van der Waals surface area contributed by atoms with Gasteiger partial charge in [-0.2, -0.15) is 0 Å². The molecule has 2 aromatic carbocycles. The third-order valence-electron chi connectivity index (χ3n) is 5.63. The van der Waals surface area contributed by atoms with Crippen LogP contribution in [0.1, 0.15) is 24.0 Å². The van der Waals surface area contributed by atoms with Crippen LogP contribution in [-0.2, 0) is 22.6 Å². The number of methoxy groups -OCH3 is 2. The first kappa shape index (κ1) is 18.3. The van der Waals surface area contributed by atoms with E-state index in [9.17, 15) is 9.59 Å². The normalized spacial score (nSPS) is 16.7. The van der Waals surface area contributed by atoms with Gasteiger partial charge in [-0.15, -0.1) is 0 Å². The maximum Gasteiger partial charge on any atom is 0.240 e. The SMILES string of the molecule is COc1cc2c(cc1OC)CN(C(=O)C1(C(=O)Nc3ccccc3)CC1)CC2. The van der Waals surface area contributed by atoms with Crippen molar-refractivity contribution in [1.82, 2.24) is 4.90 Å². The molecule has 0 aromatic heterocycles. The Balaban J connectivity index is 1.51. The van der Waals surface area contributed by atoms with E-state index in [1.165, 1.54) is 0 Å². The van der Waals surface area contributed by atoms with Gasteiger partial charge in [-0.25, -0.2) is 0 Å². The third-order valence-corrected chi connectivity index (χ3v) is 5.63. The number of para-hydroxylation sites is 1. The van der Waals surface area contributed by atoms with E-state index in [0.29, 0.717) is 43.1 Å². The van der Waals surface area contributed by atoms with Gasteiger partial charge in [0.05, 0.1) is 14.2 Å². The predicted octanol–water partition coefficient (Wildman–Crippen LogP) is 3.01. The summed E-state index contributed by atoms with van der Waals surface area (Å²) in [5.74, 6) is 1.06. The van der Waals surface area contributed by atoms with Crippen LogP contribution in [0.25, 0.3) is 0 Å². The molecule has 28 heavy (non-hydrogen) atoms. The largest absolute Gasteiger partial charge is 0.493 e. The molecule has 1 fully saturated rings. The fourth-order valence-electron chi connectivity index (χ4n) is 3.79. The molecule has 1 aliphatic heterocycles. The maximum atomic E-state index is 13.2. The van der Waals surface area contributed by atoms with E-state index in [4.69, 9.17) is 9.47 Å². The first-order chi connectivity index (χ1) is 13.6. The van der Waals surface area contributed by atoms with Gasteiger partial charge in [0.15, 0.2) is 11.5 Å². The molecule has 6 heteroatoms. The summed E-state index contributed by atoms with van der Waals surface area (Å²) in [5, 5.41) is 2.89. The van der Waals surface area contributed by atoms with Crippen LogP contribution >= 0.6 is 0 Å². The molecule has 0 atom stereocenters. The number of nitrogens with one attached hydrogen (secondary N) is 1. The topological polar surface area (TPSA) is 67.9 Å². The standard InChI is InChI=1S/C22H24N2O4/c1-27-18-12-15-8-11-24(14-16(15)13-19(18)28-2)21(26)22(9-10-22)20(25)23-17-6-4-3-5-7-17/h3-7,12-13H,8-11,14H2,1-2H3,(H,23,25). The number of carbonyl (C=O) groups excluding carboxylic acids is 2. The van der Waals surface area contributed by atoms with Gasteiger partial charge in [0.25, 0.3) is 0 Å². The number of amides is 2. The second-order valence-electron chi connectivity index (χ2n) is 7.35. The number of nitrogens with zero attached hydrogens (tertiary/aromatic N) is 1. The molecule has 0 bridgehead atoms. The van der Waals surface area contributed by atoms with E-state index < -0.39 is 5.41 Å². The van der Waals surface area contributed by atoms with Gasteiger partial charge in [0.2, 0.25) is 11.8 Å². The van der Waals surface area contributed by atoms with Crippen LogP contribution in [0.3, 0.4) is 0 Å². The smallest absolute Gasteiger partial charge is 0.240 e. The van der Waals surface area contributed by atoms with Crippen molar-refractivity contribution in [2.75, 3.05) is 26.1 Å². The number of fused-ring (bicyclic) bond motifs is 1. The highest BCUT2D eigenvalue weighted by Gasteiger charge is 2.58. The van der Waals surface area contributed by atoms with Crippen LogP contribution in [0.2, 0.25) is 0 Å². The highest BCUT2D eigenvalue weighted by molar-refractivity contribution is 6.13. The monoisotopic (exact) mass is 380 g/mol. The van der Waals surface area contributed by atoms with Crippen molar-refractivity contribution >= 4 is 17.5 Å². The summed E-state index contributed by atoms with van der Waals surface area (Å²) < 4.78 is 10.8. The van der Waals surface area contributed by atoms with E-state index >= 15 is 0 Å². The summed E-state index contributed by atoms with van der Waals surface area (Å²) in [5.41, 5.74) is 1.98. The predicted molar refractivity (Wildman–Crippen MR) is 105 cm³/mol. The third kappa shape index (κ3) is 3.19. The molecule has 1 saturated carbocycles. The molecular formula is C22H24N2O4. The fourth-order valence-corrected chi connectivity index (χ4v) is 3.79. The van der Waals surface area contributed by atoms with E-state index in [0.717, 1.165) is 17.5 Å². The lowest BCUT2D eigenvalue weighted by Gasteiger charge is -2.32. The average Bonchev–Trinajstić information content (AvgIpc) is 3.54. The van der Waals surface area contributed by atoms with E-state index in [2.05, 4.69) is 5.32 Å². The highest BCUT2D eigenvalue weighted by atomic mass is 16.5. The lowest BCUT2D eigenvalue weighted by atomic mass is 9.96. The molecule has 0 radical (unpaired) electrons. The summed E-state index contributed by atoms with van der Waals surface area (Å²) in [7, 11) is 3.22. The Morgan fingerprint density at radius 1 is 1.00 bits per heavy atom. The van der Waals surface area contributed by atoms with Gasteiger partial charge in [-0.05, 0) is 54.7 Å². The second kappa shape index (κ2) is 7.19. The number of anilines is 1. The van der Waals surface area contributed by atoms with Crippen LogP contribution in [0, 0.1) is 5.41 Å². The van der Waals surface area contributed by atoms with Crippen molar-refractivity contribution in [2.45, 2.75) is 25.8 Å². The summed E-state index contributed by atoms with van der Waals surface area (Å²) in [4.78, 5) is 27.8. The minimum atomic E-state index is -0.927. The number of benzene rings is 2. The van der Waals surface area contributed by atoms with Crippen LogP contribution in [0.4, 0.5) is 5.69 Å². The number of rotatable bonds is 5. The average molecular weight is 380 g/mol. The molecule has 1 N–H and O–H groups in total. The molecule has 1 aliphatic carbocycles. The first-order valence-electron chi connectivity index (χ1n) is 9.47. The lowest BCUT2D eigenvalue weighted by Crippen LogP contribution is -2.45. The van der Waals surface area contributed by atoms with Crippen LogP contribution in [0.5, 0.6) is 11.5 Å². The molecule has 2 aromatic rings. The molecule has 146 valence electrons. The van der Waals surface area contributed by atoms with Gasteiger partial charge in [-0.3, -0.25) is 9.59 Å². The Morgan fingerprint density at radius 2 is 1.64 bits per heavy atom. The summed E-state index contributed by atoms with van der Waals surface area (Å²) in [6, 6.07) is 13.2. The summed E-state index contributed by atoms with van der Waals surface area (Å²) in [6.07, 6.45) is 1.93. The molecule has 0 spiro atoms. The quantitative estimate of drug-likeness (QED) is 0.810. The molecule has 0 unspecified atom stereocenters. The Bertz CT molecular complexity index is 906. The van der Waals surface area contributed by atoms with Crippen molar-refractivity contribution in [2.24, 2.45) is 5.41 Å². The Hall–Kier alpha value is -3.02. The first-order valence-corrected chi connectivity index (χ1v) is 9.47. The Kier molecular flexibility index (Phi) is 4.71. The van der Waals surface area contributed by atoms with Crippen molar-refractivity contribution in [3.8, 4) is 11.5 Å². The van der Waals surface area contributed by atoms with Gasteiger partial charge in [0.1, 0.15) is 5.41 Å². The molecular weight excluding hydrogens is 356 g/mol. The Morgan fingerprint density at radius 3 is 2.25 bits per heavy atom. The summed E-state index contributed by atoms with van der Waals surface area (Å²) >= 11 is 0. The molecule has 4 rings (SSSR count). The van der Waals surface area contributed by atoms with Gasteiger partial charge < -0.3 is 19.7 Å². The second-order valence-corrected chi connectivity index (χ2v) is 7.35. The zero-order valence-electron chi connectivity index (χ0n) is 16.2.